The molecule has 0 N–H and O–H groups in total. The molecule has 230 valence electrons. The molecule has 1 aliphatic carbocycles. The molecule has 0 amide bonds. The molecular weight excluding hydrogens is 597 g/mol. The largest absolute Gasteiger partial charge is 0.210 e. The van der Waals surface area contributed by atoms with Gasteiger partial charge in [-0.15, -0.1) is 0 Å². The summed E-state index contributed by atoms with van der Waals surface area (Å²) in [5, 5.41) is 0. The zero-order chi connectivity index (χ0) is 32.6. The Hall–Kier alpha value is -6.52. The highest BCUT2D eigenvalue weighted by Gasteiger charge is 2.36. The molecule has 0 aliphatic heterocycles. The van der Waals surface area contributed by atoms with Gasteiger partial charge in [-0.05, 0) is 27.8 Å². The van der Waals surface area contributed by atoms with Crippen molar-refractivity contribution in [1.82, 2.24) is 15.0 Å². The van der Waals surface area contributed by atoms with Crippen molar-refractivity contribution >= 4 is 0 Å². The third-order valence-corrected chi connectivity index (χ3v) is 9.33. The van der Waals surface area contributed by atoms with Gasteiger partial charge in [0, 0.05) is 45.5 Å². The lowest BCUT2D eigenvalue weighted by atomic mass is 9.87. The minimum atomic E-state index is 0.102. The van der Waals surface area contributed by atoms with Crippen LogP contribution in [0.4, 0.5) is 0 Å². The van der Waals surface area contributed by atoms with Crippen LogP contribution in [0.3, 0.4) is 0 Å². The van der Waals surface area contributed by atoms with Gasteiger partial charge in [-0.25, -0.2) is 15.0 Å². The van der Waals surface area contributed by atoms with Gasteiger partial charge in [0.2, 0.25) is 6.04 Å². The summed E-state index contributed by atoms with van der Waals surface area (Å²) in [6.07, 6.45) is 4.32. The van der Waals surface area contributed by atoms with Gasteiger partial charge in [0.1, 0.15) is 0 Å². The highest BCUT2D eigenvalue weighted by molar-refractivity contribution is 5.98. The van der Waals surface area contributed by atoms with Gasteiger partial charge in [-0.2, -0.15) is 4.57 Å². The Balaban J connectivity index is 1.24. The minimum absolute atomic E-state index is 0.102. The summed E-state index contributed by atoms with van der Waals surface area (Å²) < 4.78 is 2.31. The smallest absolute Gasteiger partial charge is 0.208 e. The first-order chi connectivity index (χ1) is 24.3. The van der Waals surface area contributed by atoms with E-state index in [2.05, 4.69) is 126 Å². The molecule has 4 nitrogen and oxygen atoms in total. The molecule has 1 atom stereocenters. The molecular formula is C45H31N4+. The van der Waals surface area contributed by atoms with Gasteiger partial charge in [-0.3, -0.25) is 0 Å². The fourth-order valence-corrected chi connectivity index (χ4v) is 7.15. The normalized spacial score (nSPS) is 13.1. The van der Waals surface area contributed by atoms with Crippen LogP contribution in [0, 0.1) is 0 Å². The third kappa shape index (κ3) is 5.11. The zero-order valence-electron chi connectivity index (χ0n) is 26.7. The van der Waals surface area contributed by atoms with Gasteiger partial charge in [0.15, 0.2) is 29.9 Å². The predicted octanol–water partition coefficient (Wildman–Crippen LogP) is 10.1. The molecule has 0 radical (unpaired) electrons. The SMILES string of the molecule is c1ccc(-c2nc(-c3ccccc3)nc(-c3ccccc3-c3ccccc3-c3cccc4c3-c3ccccc3C4[n+]3ccccc3)n2)cc1. The van der Waals surface area contributed by atoms with Gasteiger partial charge in [0.05, 0.1) is 0 Å². The fourth-order valence-electron chi connectivity index (χ4n) is 7.15. The average Bonchev–Trinajstić information content (AvgIpc) is 3.53. The Bertz CT molecular complexity index is 2380. The first-order valence-corrected chi connectivity index (χ1v) is 16.6. The summed E-state index contributed by atoms with van der Waals surface area (Å²) in [6, 6.07) is 59.4. The Labute approximate surface area is 285 Å². The highest BCUT2D eigenvalue weighted by atomic mass is 15.0. The molecule has 6 aromatic carbocycles. The van der Waals surface area contributed by atoms with Crippen LogP contribution in [-0.4, -0.2) is 15.0 Å². The van der Waals surface area contributed by atoms with Crippen molar-refractivity contribution in [1.29, 1.82) is 0 Å². The van der Waals surface area contributed by atoms with Crippen molar-refractivity contribution in [2.45, 2.75) is 6.04 Å². The van der Waals surface area contributed by atoms with Crippen molar-refractivity contribution in [2.24, 2.45) is 0 Å². The maximum atomic E-state index is 5.09. The van der Waals surface area contributed by atoms with E-state index in [1.54, 1.807) is 0 Å². The summed E-state index contributed by atoms with van der Waals surface area (Å²) in [5.74, 6) is 1.94. The maximum Gasteiger partial charge on any atom is 0.210 e. The monoisotopic (exact) mass is 627 g/mol. The van der Waals surface area contributed by atoms with Crippen LogP contribution in [0.2, 0.25) is 0 Å². The molecule has 4 heteroatoms. The van der Waals surface area contributed by atoms with Crippen LogP contribution in [-0.2, 0) is 0 Å². The summed E-state index contributed by atoms with van der Waals surface area (Å²) in [7, 11) is 0. The molecule has 1 unspecified atom stereocenters. The molecule has 0 saturated heterocycles. The van der Waals surface area contributed by atoms with E-state index in [-0.39, 0.29) is 6.04 Å². The maximum absolute atomic E-state index is 5.09. The molecule has 0 spiro atoms. The number of pyridine rings is 1. The molecule has 8 aromatic rings. The predicted molar refractivity (Wildman–Crippen MR) is 196 cm³/mol. The Morgan fingerprint density at radius 3 is 1.39 bits per heavy atom. The van der Waals surface area contributed by atoms with E-state index in [1.165, 1.54) is 33.4 Å². The summed E-state index contributed by atoms with van der Waals surface area (Å²) >= 11 is 0. The van der Waals surface area contributed by atoms with Crippen molar-refractivity contribution in [2.75, 3.05) is 0 Å². The Morgan fingerprint density at radius 1 is 0.327 bits per heavy atom. The molecule has 9 rings (SSSR count). The molecule has 2 heterocycles. The topological polar surface area (TPSA) is 42.5 Å². The lowest BCUT2D eigenvalue weighted by Gasteiger charge is -2.17. The quantitative estimate of drug-likeness (QED) is 0.172. The number of rotatable bonds is 6. The van der Waals surface area contributed by atoms with Gasteiger partial charge in [0.25, 0.3) is 0 Å². The van der Waals surface area contributed by atoms with E-state index >= 15 is 0 Å². The first kappa shape index (κ1) is 28.7. The molecule has 0 saturated carbocycles. The van der Waals surface area contributed by atoms with Crippen LogP contribution < -0.4 is 4.57 Å². The number of fused-ring (bicyclic) bond motifs is 3. The number of aromatic nitrogens is 4. The second-order valence-corrected chi connectivity index (χ2v) is 12.2. The van der Waals surface area contributed by atoms with Crippen molar-refractivity contribution < 1.29 is 4.57 Å². The van der Waals surface area contributed by atoms with Gasteiger partial charge < -0.3 is 0 Å². The summed E-state index contributed by atoms with van der Waals surface area (Å²) in [6.45, 7) is 0. The van der Waals surface area contributed by atoms with E-state index in [0.717, 1.165) is 27.8 Å². The average molecular weight is 628 g/mol. The van der Waals surface area contributed by atoms with E-state index in [4.69, 9.17) is 15.0 Å². The number of benzene rings is 6. The molecule has 1 aliphatic rings. The van der Waals surface area contributed by atoms with Crippen LogP contribution in [0.5, 0.6) is 0 Å². The third-order valence-electron chi connectivity index (χ3n) is 9.33. The van der Waals surface area contributed by atoms with Gasteiger partial charge in [-0.1, -0.05) is 158 Å². The zero-order valence-corrected chi connectivity index (χ0v) is 26.7. The number of hydrogen-bond acceptors (Lipinski definition) is 3. The minimum Gasteiger partial charge on any atom is -0.208 e. The summed E-state index contributed by atoms with van der Waals surface area (Å²) in [4.78, 5) is 15.1. The van der Waals surface area contributed by atoms with E-state index in [1.807, 2.05) is 60.7 Å². The van der Waals surface area contributed by atoms with Crippen LogP contribution >= 0.6 is 0 Å². The second-order valence-electron chi connectivity index (χ2n) is 12.2. The molecule has 2 aromatic heterocycles. The van der Waals surface area contributed by atoms with E-state index < -0.39 is 0 Å². The van der Waals surface area contributed by atoms with E-state index in [9.17, 15) is 0 Å². The lowest BCUT2D eigenvalue weighted by molar-refractivity contribution is -0.704. The lowest BCUT2D eigenvalue weighted by Crippen LogP contribution is -2.38. The Kier molecular flexibility index (Phi) is 7.17. The second kappa shape index (κ2) is 12.3. The van der Waals surface area contributed by atoms with E-state index in [0.29, 0.717) is 17.5 Å². The fraction of sp³-hybridized carbons (Fsp3) is 0.0222. The number of nitrogens with zero attached hydrogens (tertiary/aromatic N) is 4. The molecule has 49 heavy (non-hydrogen) atoms. The standard InChI is InChI=1S/C45H31N4/c1-4-17-31(18-5-1)43-46-44(32-19-6-2-7-20-32)48-45(47-43)39-26-13-10-23-35(39)33-21-8-9-22-34(33)36-27-16-28-40-41(36)37-24-11-12-25-38(37)42(40)49-29-14-3-15-30-49/h1-30,42H/q+1. The van der Waals surface area contributed by atoms with Crippen LogP contribution in [0.1, 0.15) is 17.2 Å². The van der Waals surface area contributed by atoms with Crippen molar-refractivity contribution in [3.05, 3.63) is 193 Å². The number of hydrogen-bond donors (Lipinski definition) is 0. The van der Waals surface area contributed by atoms with Gasteiger partial charge >= 0.3 is 0 Å². The first-order valence-electron chi connectivity index (χ1n) is 16.6. The Morgan fingerprint density at radius 2 is 0.755 bits per heavy atom. The summed E-state index contributed by atoms with van der Waals surface area (Å²) in [5.41, 5.74) is 12.6. The molecule has 0 fully saturated rings. The molecule has 0 bridgehead atoms. The highest BCUT2D eigenvalue weighted by Crippen LogP contribution is 2.49. The van der Waals surface area contributed by atoms with Crippen molar-refractivity contribution in [3.63, 3.8) is 0 Å². The van der Waals surface area contributed by atoms with Crippen LogP contribution in [0.25, 0.3) is 67.5 Å². The van der Waals surface area contributed by atoms with Crippen LogP contribution in [0.15, 0.2) is 182 Å². The van der Waals surface area contributed by atoms with Crippen molar-refractivity contribution in [3.8, 4) is 67.5 Å².